The highest BCUT2D eigenvalue weighted by molar-refractivity contribution is 9.10. The Morgan fingerprint density at radius 3 is 2.27 bits per heavy atom. The molecule has 0 fully saturated rings. The highest BCUT2D eigenvalue weighted by Gasteiger charge is 2.09. The predicted molar refractivity (Wildman–Crippen MR) is 109 cm³/mol. The third-order valence-corrected chi connectivity index (χ3v) is 4.33. The third-order valence-electron chi connectivity index (χ3n) is 3.87. The van der Waals surface area contributed by atoms with Crippen LogP contribution in [0.5, 0.6) is 11.5 Å². The minimum absolute atomic E-state index is 0.0318. The molecule has 0 aliphatic carbocycles. The van der Waals surface area contributed by atoms with Gasteiger partial charge in [-0.2, -0.15) is 0 Å². The summed E-state index contributed by atoms with van der Waals surface area (Å²) < 4.78 is 12.4. The second kappa shape index (κ2) is 9.62. The Morgan fingerprint density at radius 1 is 1.08 bits per heavy atom. The molecule has 2 rings (SSSR count). The largest absolute Gasteiger partial charge is 0.494 e. The lowest BCUT2D eigenvalue weighted by Gasteiger charge is -2.13. The van der Waals surface area contributed by atoms with E-state index in [2.05, 4.69) is 35.1 Å². The Labute approximate surface area is 164 Å². The van der Waals surface area contributed by atoms with Gasteiger partial charge in [-0.1, -0.05) is 29.8 Å². The van der Waals surface area contributed by atoms with Crippen LogP contribution in [0.15, 0.2) is 40.9 Å². The fourth-order valence-electron chi connectivity index (χ4n) is 2.51. The molecule has 0 heterocycles. The van der Waals surface area contributed by atoms with Gasteiger partial charge in [-0.05, 0) is 73.7 Å². The van der Waals surface area contributed by atoms with Gasteiger partial charge in [0.2, 0.25) is 0 Å². The van der Waals surface area contributed by atoms with E-state index >= 15 is 0 Å². The van der Waals surface area contributed by atoms with Crippen LogP contribution in [-0.4, -0.2) is 19.1 Å². The number of ether oxygens (including phenoxy) is 2. The van der Waals surface area contributed by atoms with Crippen LogP contribution in [0.3, 0.4) is 0 Å². The molecule has 0 aliphatic heterocycles. The highest BCUT2D eigenvalue weighted by atomic mass is 79.9. The van der Waals surface area contributed by atoms with Crippen LogP contribution < -0.4 is 14.8 Å². The molecule has 0 spiro atoms. The molecule has 0 aromatic heterocycles. The molecule has 26 heavy (non-hydrogen) atoms. The Balaban J connectivity index is 1.84. The molecule has 0 unspecified atom stereocenters. The molecule has 0 saturated carbocycles. The van der Waals surface area contributed by atoms with Gasteiger partial charge in [0.25, 0.3) is 5.91 Å². The number of benzene rings is 2. The normalized spacial score (nSPS) is 10.7. The van der Waals surface area contributed by atoms with Gasteiger partial charge < -0.3 is 14.8 Å². The van der Waals surface area contributed by atoms with E-state index in [9.17, 15) is 4.79 Å². The molecule has 2 aromatic rings. The minimum atomic E-state index is -0.194. The molecule has 0 aliphatic rings. The third kappa shape index (κ3) is 6.37. The average molecular weight is 420 g/mol. The highest BCUT2D eigenvalue weighted by Crippen LogP contribution is 2.27. The molecule has 5 heteroatoms. The average Bonchev–Trinajstić information content (AvgIpc) is 2.55. The first-order chi connectivity index (χ1) is 12.3. The second-order valence-corrected chi connectivity index (χ2v) is 7.68. The van der Waals surface area contributed by atoms with Crippen molar-refractivity contribution in [1.29, 1.82) is 0 Å². The summed E-state index contributed by atoms with van der Waals surface area (Å²) in [4.78, 5) is 12.1. The monoisotopic (exact) mass is 419 g/mol. The number of halogens is 1. The van der Waals surface area contributed by atoms with E-state index in [0.29, 0.717) is 12.5 Å². The van der Waals surface area contributed by atoms with Crippen LogP contribution in [-0.2, 0) is 4.79 Å². The molecule has 1 N–H and O–H groups in total. The fraction of sp³-hybridized carbons (Fsp3) is 0.381. The number of carbonyl (C=O) groups excluding carboxylic acids is 1. The molecule has 140 valence electrons. The van der Waals surface area contributed by atoms with Gasteiger partial charge in [0, 0.05) is 10.2 Å². The van der Waals surface area contributed by atoms with Gasteiger partial charge in [0.05, 0.1) is 6.61 Å². The predicted octanol–water partition coefficient (Wildman–Crippen LogP) is 5.51. The van der Waals surface area contributed by atoms with Gasteiger partial charge >= 0.3 is 0 Å². The zero-order valence-corrected chi connectivity index (χ0v) is 17.4. The number of hydrogen-bond donors (Lipinski definition) is 1. The van der Waals surface area contributed by atoms with Crippen molar-refractivity contribution in [1.82, 2.24) is 0 Å². The summed E-state index contributed by atoms with van der Waals surface area (Å²) in [5.74, 6) is 1.98. The first-order valence-electron chi connectivity index (χ1n) is 8.77. The summed E-state index contributed by atoms with van der Waals surface area (Å²) in [7, 11) is 0. The van der Waals surface area contributed by atoms with Crippen molar-refractivity contribution >= 4 is 27.5 Å². The lowest BCUT2D eigenvalue weighted by molar-refractivity contribution is -0.118. The lowest BCUT2D eigenvalue weighted by Crippen LogP contribution is -2.20. The van der Waals surface area contributed by atoms with Crippen molar-refractivity contribution in [2.24, 2.45) is 5.92 Å². The Kier molecular flexibility index (Phi) is 7.51. The van der Waals surface area contributed by atoms with Crippen LogP contribution in [0.25, 0.3) is 0 Å². The summed E-state index contributed by atoms with van der Waals surface area (Å²) in [5.41, 5.74) is 2.71. The molecule has 4 nitrogen and oxygen atoms in total. The first-order valence-corrected chi connectivity index (χ1v) is 9.56. The summed E-state index contributed by atoms with van der Waals surface area (Å²) in [6, 6.07) is 11.3. The Bertz CT molecular complexity index is 718. The number of hydrogen-bond acceptors (Lipinski definition) is 3. The molecule has 0 atom stereocenters. The number of nitrogens with one attached hydrogen (secondary N) is 1. The van der Waals surface area contributed by atoms with E-state index in [1.807, 2.05) is 50.2 Å². The lowest BCUT2D eigenvalue weighted by atomic mass is 10.1. The standard InChI is InChI=1S/C21H26BrNO3/c1-14(2)9-10-25-19-7-5-18(6-8-19)23-20(24)13-26-21-15(3)11-17(22)12-16(21)4/h5-8,11-12,14H,9-10,13H2,1-4H3,(H,23,24). The van der Waals surface area contributed by atoms with Crippen LogP contribution in [0, 0.1) is 19.8 Å². The van der Waals surface area contributed by atoms with Gasteiger partial charge in [-0.25, -0.2) is 0 Å². The Morgan fingerprint density at radius 2 is 1.69 bits per heavy atom. The van der Waals surface area contributed by atoms with Crippen LogP contribution in [0.1, 0.15) is 31.4 Å². The number of amides is 1. The molecule has 0 radical (unpaired) electrons. The van der Waals surface area contributed by atoms with E-state index in [1.54, 1.807) is 0 Å². The van der Waals surface area contributed by atoms with Crippen LogP contribution in [0.4, 0.5) is 5.69 Å². The zero-order valence-electron chi connectivity index (χ0n) is 15.8. The molecule has 2 aromatic carbocycles. The number of carbonyl (C=O) groups is 1. The van der Waals surface area contributed by atoms with Crippen LogP contribution >= 0.6 is 15.9 Å². The smallest absolute Gasteiger partial charge is 0.262 e. The molecule has 0 bridgehead atoms. The van der Waals surface area contributed by atoms with E-state index < -0.39 is 0 Å². The molecular formula is C21H26BrNO3. The van der Waals surface area contributed by atoms with Gasteiger partial charge in [-0.15, -0.1) is 0 Å². The van der Waals surface area contributed by atoms with Gasteiger partial charge in [0.1, 0.15) is 11.5 Å². The SMILES string of the molecule is Cc1cc(Br)cc(C)c1OCC(=O)Nc1ccc(OCCC(C)C)cc1. The zero-order chi connectivity index (χ0) is 19.1. The summed E-state index contributed by atoms with van der Waals surface area (Å²) in [6.07, 6.45) is 1.02. The number of aryl methyl sites for hydroxylation is 2. The van der Waals surface area contributed by atoms with Crippen molar-refractivity contribution in [3.8, 4) is 11.5 Å². The van der Waals surface area contributed by atoms with E-state index in [4.69, 9.17) is 9.47 Å². The van der Waals surface area contributed by atoms with E-state index in [-0.39, 0.29) is 12.5 Å². The summed E-state index contributed by atoms with van der Waals surface area (Å²) >= 11 is 3.45. The van der Waals surface area contributed by atoms with E-state index in [0.717, 1.165) is 39.2 Å². The minimum Gasteiger partial charge on any atom is -0.494 e. The molecule has 0 saturated heterocycles. The van der Waals surface area contributed by atoms with Crippen molar-refractivity contribution in [3.05, 3.63) is 52.0 Å². The van der Waals surface area contributed by atoms with Crippen molar-refractivity contribution in [2.45, 2.75) is 34.1 Å². The maximum absolute atomic E-state index is 12.1. The molecular weight excluding hydrogens is 394 g/mol. The van der Waals surface area contributed by atoms with Crippen molar-refractivity contribution in [2.75, 3.05) is 18.5 Å². The van der Waals surface area contributed by atoms with Crippen molar-refractivity contribution < 1.29 is 14.3 Å². The Hall–Kier alpha value is -2.01. The van der Waals surface area contributed by atoms with Crippen LogP contribution in [0.2, 0.25) is 0 Å². The second-order valence-electron chi connectivity index (χ2n) is 6.76. The van der Waals surface area contributed by atoms with Gasteiger partial charge in [-0.3, -0.25) is 4.79 Å². The molecule has 1 amide bonds. The number of rotatable bonds is 8. The maximum Gasteiger partial charge on any atom is 0.262 e. The van der Waals surface area contributed by atoms with Crippen molar-refractivity contribution in [3.63, 3.8) is 0 Å². The summed E-state index contributed by atoms with van der Waals surface area (Å²) in [6.45, 7) is 8.92. The van der Waals surface area contributed by atoms with Gasteiger partial charge in [0.15, 0.2) is 6.61 Å². The fourth-order valence-corrected chi connectivity index (χ4v) is 3.19. The first kappa shape index (κ1) is 20.3. The number of anilines is 1. The topological polar surface area (TPSA) is 47.6 Å². The quantitative estimate of drug-likeness (QED) is 0.613. The summed E-state index contributed by atoms with van der Waals surface area (Å²) in [5, 5.41) is 2.84. The maximum atomic E-state index is 12.1. The van der Waals surface area contributed by atoms with E-state index in [1.165, 1.54) is 0 Å².